The van der Waals surface area contributed by atoms with Gasteiger partial charge in [0.2, 0.25) is 0 Å². The van der Waals surface area contributed by atoms with Crippen LogP contribution in [0.15, 0.2) is 67.1 Å². The molecule has 1 heterocycles. The fourth-order valence-corrected chi connectivity index (χ4v) is 2.88. The largest absolute Gasteiger partial charge is 0.337 e. The van der Waals surface area contributed by atoms with Crippen molar-refractivity contribution < 1.29 is 4.79 Å². The van der Waals surface area contributed by atoms with Gasteiger partial charge in [0.1, 0.15) is 0 Å². The summed E-state index contributed by atoms with van der Waals surface area (Å²) in [6.07, 6.45) is 5.62. The van der Waals surface area contributed by atoms with Crippen LogP contribution in [-0.4, -0.2) is 22.5 Å². The summed E-state index contributed by atoms with van der Waals surface area (Å²) in [4.78, 5) is 20.4. The van der Waals surface area contributed by atoms with Crippen molar-refractivity contribution in [3.63, 3.8) is 0 Å². The Hall–Kier alpha value is -3.21. The van der Waals surface area contributed by atoms with Crippen LogP contribution in [0.3, 0.4) is 0 Å². The van der Waals surface area contributed by atoms with Crippen LogP contribution >= 0.6 is 0 Å². The predicted molar refractivity (Wildman–Crippen MR) is 113 cm³/mol. The summed E-state index contributed by atoms with van der Waals surface area (Å²) in [6, 6.07) is 16.2. The minimum Gasteiger partial charge on any atom is -0.337 e. The first kappa shape index (κ1) is 19.5. The van der Waals surface area contributed by atoms with Crippen LogP contribution in [0.2, 0.25) is 0 Å². The van der Waals surface area contributed by atoms with E-state index >= 15 is 0 Å². The molecule has 3 aromatic rings. The first-order valence-corrected chi connectivity index (χ1v) is 9.42. The highest BCUT2D eigenvalue weighted by Crippen LogP contribution is 2.27. The molecule has 2 aromatic carbocycles. The molecule has 1 aromatic heterocycles. The lowest BCUT2D eigenvalue weighted by molar-refractivity contribution is 0.252. The predicted octanol–water partition coefficient (Wildman–Crippen LogP) is 4.81. The van der Waals surface area contributed by atoms with Gasteiger partial charge in [0.15, 0.2) is 0 Å². The third-order valence-corrected chi connectivity index (χ3v) is 4.49. The molecule has 0 atom stereocenters. The molecule has 0 saturated carbocycles. The lowest BCUT2D eigenvalue weighted by Crippen LogP contribution is -2.30. The Bertz CT molecular complexity index is 915. The van der Waals surface area contributed by atoms with Crippen molar-refractivity contribution in [1.82, 2.24) is 15.3 Å². The second-order valence-electron chi connectivity index (χ2n) is 7.74. The van der Waals surface area contributed by atoms with Gasteiger partial charge in [-0.25, -0.2) is 4.79 Å². The molecule has 0 aliphatic rings. The smallest absolute Gasteiger partial charge is 0.319 e. The highest BCUT2D eigenvalue weighted by atomic mass is 16.2. The molecule has 0 saturated heterocycles. The van der Waals surface area contributed by atoms with Crippen molar-refractivity contribution in [2.45, 2.75) is 32.6 Å². The van der Waals surface area contributed by atoms with E-state index in [4.69, 9.17) is 0 Å². The fourth-order valence-electron chi connectivity index (χ4n) is 2.88. The van der Waals surface area contributed by atoms with Gasteiger partial charge in [-0.15, -0.1) is 0 Å². The molecular formula is C23H26N4O. The maximum atomic E-state index is 12.1. The zero-order chi connectivity index (χ0) is 20.0. The number of aromatic nitrogens is 2. The number of urea groups is 1. The summed E-state index contributed by atoms with van der Waals surface area (Å²) in [6.45, 7) is 7.11. The van der Waals surface area contributed by atoms with Crippen LogP contribution in [0.4, 0.5) is 10.5 Å². The number of carbonyl (C=O) groups excluding carboxylic acids is 1. The van der Waals surface area contributed by atoms with Gasteiger partial charge in [-0.1, -0.05) is 57.2 Å². The molecule has 5 nitrogen and oxygen atoms in total. The maximum absolute atomic E-state index is 12.1. The maximum Gasteiger partial charge on any atom is 0.319 e. The summed E-state index contributed by atoms with van der Waals surface area (Å²) in [7, 11) is 0. The van der Waals surface area contributed by atoms with E-state index in [2.05, 4.69) is 65.6 Å². The first-order valence-electron chi connectivity index (χ1n) is 9.42. The van der Waals surface area contributed by atoms with E-state index in [1.807, 2.05) is 24.3 Å². The van der Waals surface area contributed by atoms with Crippen molar-refractivity contribution in [3.8, 4) is 11.1 Å². The average molecular weight is 374 g/mol. The summed E-state index contributed by atoms with van der Waals surface area (Å²) in [5, 5.41) is 5.73. The molecule has 0 fully saturated rings. The number of nitrogens with zero attached hydrogens (tertiary/aromatic N) is 2. The van der Waals surface area contributed by atoms with Crippen molar-refractivity contribution in [2.75, 3.05) is 11.9 Å². The highest BCUT2D eigenvalue weighted by molar-refractivity contribution is 5.90. The van der Waals surface area contributed by atoms with Gasteiger partial charge in [0, 0.05) is 37.2 Å². The number of benzene rings is 2. The van der Waals surface area contributed by atoms with Crippen LogP contribution in [-0.2, 0) is 11.8 Å². The van der Waals surface area contributed by atoms with E-state index in [9.17, 15) is 4.79 Å². The summed E-state index contributed by atoms with van der Waals surface area (Å²) >= 11 is 0. The van der Waals surface area contributed by atoms with Gasteiger partial charge in [-0.2, -0.15) is 0 Å². The number of carbonyl (C=O) groups is 1. The SMILES string of the molecule is CC(C)(C)c1ccc(-c2cccc(NC(=O)NCCc3cnccn3)c2)cc1. The second-order valence-corrected chi connectivity index (χ2v) is 7.74. The molecule has 0 aliphatic heterocycles. The number of anilines is 1. The standard InChI is InChI=1S/C23H26N4O/c1-23(2,3)19-9-7-17(8-10-19)18-5-4-6-20(15-18)27-22(28)26-12-11-21-16-24-13-14-25-21/h4-10,13-16H,11-12H2,1-3H3,(H2,26,27,28). The number of hydrogen-bond donors (Lipinski definition) is 2. The van der Waals surface area contributed by atoms with E-state index in [1.165, 1.54) is 5.56 Å². The number of amides is 2. The first-order chi connectivity index (χ1) is 13.4. The Balaban J connectivity index is 1.59. The van der Waals surface area contributed by atoms with E-state index < -0.39 is 0 Å². The molecular weight excluding hydrogens is 348 g/mol. The Morgan fingerprint density at radius 2 is 1.79 bits per heavy atom. The molecule has 5 heteroatoms. The van der Waals surface area contributed by atoms with E-state index in [1.54, 1.807) is 18.6 Å². The van der Waals surface area contributed by atoms with Gasteiger partial charge in [0.25, 0.3) is 0 Å². The molecule has 0 radical (unpaired) electrons. The Kier molecular flexibility index (Phi) is 6.04. The molecule has 0 bridgehead atoms. The summed E-state index contributed by atoms with van der Waals surface area (Å²) in [5.74, 6) is 0. The number of nitrogens with one attached hydrogen (secondary N) is 2. The molecule has 3 rings (SSSR count). The number of hydrogen-bond acceptors (Lipinski definition) is 3. The number of rotatable bonds is 5. The van der Waals surface area contributed by atoms with E-state index in [-0.39, 0.29) is 11.4 Å². The van der Waals surface area contributed by atoms with Crippen LogP contribution in [0.25, 0.3) is 11.1 Å². The van der Waals surface area contributed by atoms with Gasteiger partial charge < -0.3 is 10.6 Å². The molecule has 2 N–H and O–H groups in total. The van der Waals surface area contributed by atoms with Gasteiger partial charge in [0.05, 0.1) is 5.69 Å². The molecule has 0 aliphatic carbocycles. The lowest BCUT2D eigenvalue weighted by Gasteiger charge is -2.19. The van der Waals surface area contributed by atoms with Crippen LogP contribution < -0.4 is 10.6 Å². The minimum absolute atomic E-state index is 0.130. The van der Waals surface area contributed by atoms with Crippen LogP contribution in [0.5, 0.6) is 0 Å². The zero-order valence-corrected chi connectivity index (χ0v) is 16.6. The Morgan fingerprint density at radius 3 is 2.46 bits per heavy atom. The molecule has 28 heavy (non-hydrogen) atoms. The van der Waals surface area contributed by atoms with Gasteiger partial charge >= 0.3 is 6.03 Å². The molecule has 0 spiro atoms. The zero-order valence-electron chi connectivity index (χ0n) is 16.6. The second kappa shape index (κ2) is 8.65. The summed E-state index contributed by atoms with van der Waals surface area (Å²) < 4.78 is 0. The van der Waals surface area contributed by atoms with Gasteiger partial charge in [-0.3, -0.25) is 9.97 Å². The topological polar surface area (TPSA) is 66.9 Å². The highest BCUT2D eigenvalue weighted by Gasteiger charge is 2.13. The normalized spacial score (nSPS) is 11.1. The van der Waals surface area contributed by atoms with Crippen molar-refractivity contribution in [3.05, 3.63) is 78.4 Å². The molecule has 2 amide bonds. The average Bonchev–Trinajstić information content (AvgIpc) is 2.68. The molecule has 0 unspecified atom stereocenters. The van der Waals surface area contributed by atoms with E-state index in [0.29, 0.717) is 13.0 Å². The van der Waals surface area contributed by atoms with Crippen LogP contribution in [0, 0.1) is 0 Å². The van der Waals surface area contributed by atoms with Crippen molar-refractivity contribution in [2.24, 2.45) is 0 Å². The monoisotopic (exact) mass is 374 g/mol. The van der Waals surface area contributed by atoms with Crippen molar-refractivity contribution >= 4 is 11.7 Å². The van der Waals surface area contributed by atoms with Crippen molar-refractivity contribution in [1.29, 1.82) is 0 Å². The lowest BCUT2D eigenvalue weighted by atomic mass is 9.86. The third-order valence-electron chi connectivity index (χ3n) is 4.49. The Labute approximate surface area is 166 Å². The van der Waals surface area contributed by atoms with E-state index in [0.717, 1.165) is 22.5 Å². The third kappa shape index (κ3) is 5.39. The quantitative estimate of drug-likeness (QED) is 0.674. The molecule has 144 valence electrons. The van der Waals surface area contributed by atoms with Crippen LogP contribution in [0.1, 0.15) is 32.0 Å². The fraction of sp³-hybridized carbons (Fsp3) is 0.261. The Morgan fingerprint density at radius 1 is 1.00 bits per heavy atom. The van der Waals surface area contributed by atoms with Gasteiger partial charge in [-0.05, 0) is 34.2 Å². The minimum atomic E-state index is -0.232. The summed E-state index contributed by atoms with van der Waals surface area (Å²) in [5.41, 5.74) is 5.23.